The Kier molecular flexibility index (Phi) is 8.14. The molecule has 0 bridgehead atoms. The van der Waals surface area contributed by atoms with Crippen LogP contribution in [0.5, 0.6) is 5.75 Å². The van der Waals surface area contributed by atoms with E-state index in [0.29, 0.717) is 16.8 Å². The van der Waals surface area contributed by atoms with Gasteiger partial charge in [0.1, 0.15) is 18.2 Å². The Morgan fingerprint density at radius 2 is 1.74 bits per heavy atom. The number of sulfone groups is 1. The number of nitriles is 1. The van der Waals surface area contributed by atoms with E-state index in [4.69, 9.17) is 15.2 Å². The second-order valence-corrected chi connectivity index (χ2v) is 9.42. The topological polar surface area (TPSA) is 146 Å². The number of nitrogens with zero attached hydrogens (tertiary/aromatic N) is 1. The van der Waals surface area contributed by atoms with Crippen LogP contribution in [0.4, 0.5) is 10.1 Å². The lowest BCUT2D eigenvalue weighted by Crippen LogP contribution is -2.36. The van der Waals surface area contributed by atoms with Crippen LogP contribution in [-0.4, -0.2) is 37.8 Å². The maximum atomic E-state index is 13.3. The Hall–Kier alpha value is -4.27. The molecule has 180 valence electrons. The summed E-state index contributed by atoms with van der Waals surface area (Å²) in [6.07, 6.45) is 0. The van der Waals surface area contributed by atoms with Crippen LogP contribution in [0.15, 0.2) is 77.7 Å². The van der Waals surface area contributed by atoms with Crippen molar-refractivity contribution in [2.45, 2.75) is 4.90 Å². The number of ether oxygens (including phenoxy) is 1. The van der Waals surface area contributed by atoms with Gasteiger partial charge in [-0.2, -0.15) is 5.26 Å². The molecule has 0 saturated carbocycles. The molecule has 1 atom stereocenters. The van der Waals surface area contributed by atoms with E-state index >= 15 is 0 Å². The monoisotopic (exact) mass is 497 g/mol. The molecule has 11 heteroatoms. The van der Waals surface area contributed by atoms with E-state index in [1.165, 1.54) is 72.2 Å². The average Bonchev–Trinajstić information content (AvgIpc) is 2.86. The summed E-state index contributed by atoms with van der Waals surface area (Å²) in [4.78, 5) is 24.2. The van der Waals surface area contributed by atoms with Crippen molar-refractivity contribution in [2.75, 3.05) is 17.7 Å². The highest BCUT2D eigenvalue weighted by molar-refractivity contribution is 7.91. The number of hydroxylamine groups is 1. The molecule has 3 rings (SSSR count). The van der Waals surface area contributed by atoms with Crippen molar-refractivity contribution in [3.05, 3.63) is 89.7 Å². The van der Waals surface area contributed by atoms with E-state index in [0.717, 1.165) is 6.07 Å². The number of amides is 2. The second-order valence-electron chi connectivity index (χ2n) is 7.39. The van der Waals surface area contributed by atoms with Crippen molar-refractivity contribution >= 4 is 27.3 Å². The van der Waals surface area contributed by atoms with Crippen LogP contribution in [0.2, 0.25) is 0 Å². The molecule has 2 amide bonds. The second kappa shape index (κ2) is 11.2. The Morgan fingerprint density at radius 3 is 2.34 bits per heavy atom. The molecule has 0 heterocycles. The van der Waals surface area contributed by atoms with Gasteiger partial charge in [0.25, 0.3) is 11.8 Å². The highest BCUT2D eigenvalue weighted by atomic mass is 32.2. The number of carbonyl (C=O) groups excluding carboxylic acids is 2. The summed E-state index contributed by atoms with van der Waals surface area (Å²) in [5, 5.41) is 20.4. The molecule has 0 saturated heterocycles. The first-order valence-electron chi connectivity index (χ1n) is 10.2. The molecule has 1 unspecified atom stereocenters. The molecule has 9 nitrogen and oxygen atoms in total. The van der Waals surface area contributed by atoms with E-state index in [-0.39, 0.29) is 10.6 Å². The maximum absolute atomic E-state index is 13.3. The van der Waals surface area contributed by atoms with Crippen LogP contribution in [0.3, 0.4) is 0 Å². The van der Waals surface area contributed by atoms with Crippen LogP contribution in [0.1, 0.15) is 15.9 Å². The van der Waals surface area contributed by atoms with E-state index < -0.39 is 45.7 Å². The van der Waals surface area contributed by atoms with Gasteiger partial charge < -0.3 is 10.1 Å². The molecule has 0 aliphatic rings. The van der Waals surface area contributed by atoms with Gasteiger partial charge >= 0.3 is 0 Å². The van der Waals surface area contributed by atoms with Crippen molar-refractivity contribution in [1.29, 1.82) is 5.26 Å². The molecule has 0 spiro atoms. The fourth-order valence-electron chi connectivity index (χ4n) is 3.05. The summed E-state index contributed by atoms with van der Waals surface area (Å²) in [6.45, 7) is -0.423. The number of carbonyl (C=O) groups is 2. The Balaban J connectivity index is 1.68. The number of anilines is 1. The van der Waals surface area contributed by atoms with Crippen LogP contribution < -0.4 is 15.5 Å². The zero-order valence-corrected chi connectivity index (χ0v) is 19.0. The minimum Gasteiger partial charge on any atom is -0.493 e. The fraction of sp³-hybridized carbons (Fsp3) is 0.125. The summed E-state index contributed by atoms with van der Waals surface area (Å²) in [6, 6.07) is 18.4. The van der Waals surface area contributed by atoms with Gasteiger partial charge in [0, 0.05) is 17.3 Å². The number of halogens is 1. The Morgan fingerprint density at radius 1 is 1.06 bits per heavy atom. The van der Waals surface area contributed by atoms with E-state index in [2.05, 4.69) is 5.32 Å². The predicted molar refractivity (Wildman–Crippen MR) is 123 cm³/mol. The largest absolute Gasteiger partial charge is 0.493 e. The fourth-order valence-corrected chi connectivity index (χ4v) is 4.57. The van der Waals surface area contributed by atoms with Gasteiger partial charge in [0.2, 0.25) is 0 Å². The summed E-state index contributed by atoms with van der Waals surface area (Å²) >= 11 is 0. The molecule has 3 N–H and O–H groups in total. The van der Waals surface area contributed by atoms with Crippen molar-refractivity contribution in [1.82, 2.24) is 5.48 Å². The molecule has 3 aromatic rings. The highest BCUT2D eigenvalue weighted by Crippen LogP contribution is 2.20. The lowest BCUT2D eigenvalue weighted by molar-refractivity contribution is -0.133. The van der Waals surface area contributed by atoms with Crippen LogP contribution in [0.25, 0.3) is 0 Å². The quantitative estimate of drug-likeness (QED) is 0.304. The molecule has 35 heavy (non-hydrogen) atoms. The van der Waals surface area contributed by atoms with Crippen LogP contribution >= 0.6 is 0 Å². The molecule has 0 aromatic heterocycles. The van der Waals surface area contributed by atoms with Crippen LogP contribution in [0, 0.1) is 23.1 Å². The zero-order valence-electron chi connectivity index (χ0n) is 18.1. The summed E-state index contributed by atoms with van der Waals surface area (Å²) in [5.41, 5.74) is 2.47. The Labute approximate surface area is 200 Å². The molecule has 0 fully saturated rings. The van der Waals surface area contributed by atoms with Gasteiger partial charge in [-0.05, 0) is 60.7 Å². The normalized spacial score (nSPS) is 11.7. The minimum absolute atomic E-state index is 0.0977. The first kappa shape index (κ1) is 25.4. The van der Waals surface area contributed by atoms with Crippen molar-refractivity contribution < 1.29 is 32.3 Å². The van der Waals surface area contributed by atoms with Gasteiger partial charge in [-0.3, -0.25) is 14.8 Å². The number of benzene rings is 3. The first-order valence-corrected chi connectivity index (χ1v) is 11.8. The predicted octanol–water partition coefficient (Wildman–Crippen LogP) is 2.92. The highest BCUT2D eigenvalue weighted by Gasteiger charge is 2.28. The average molecular weight is 498 g/mol. The van der Waals surface area contributed by atoms with Gasteiger partial charge in [-0.1, -0.05) is 6.07 Å². The number of hydrogen-bond acceptors (Lipinski definition) is 7. The first-order chi connectivity index (χ1) is 16.7. The van der Waals surface area contributed by atoms with Crippen LogP contribution in [-0.2, 0) is 14.6 Å². The third kappa shape index (κ3) is 6.86. The van der Waals surface area contributed by atoms with Gasteiger partial charge in [-0.25, -0.2) is 18.3 Å². The van der Waals surface area contributed by atoms with Crippen molar-refractivity contribution in [2.24, 2.45) is 5.92 Å². The SMILES string of the molecule is N#Cc1ccc(C(=O)Nc2ccc(S(=O)(=O)CC(COc3cccc(F)c3)C(=O)NO)cc2)cc1. The number of hydrogen-bond donors (Lipinski definition) is 3. The third-order valence-corrected chi connectivity index (χ3v) is 6.73. The molecule has 0 aliphatic heterocycles. The summed E-state index contributed by atoms with van der Waals surface area (Å²) < 4.78 is 44.4. The van der Waals surface area contributed by atoms with E-state index in [1.54, 1.807) is 0 Å². The lowest BCUT2D eigenvalue weighted by Gasteiger charge is -2.16. The van der Waals surface area contributed by atoms with E-state index in [1.807, 2.05) is 6.07 Å². The van der Waals surface area contributed by atoms with Gasteiger partial charge in [0.15, 0.2) is 9.84 Å². The summed E-state index contributed by atoms with van der Waals surface area (Å²) in [7, 11) is -4.00. The summed E-state index contributed by atoms with van der Waals surface area (Å²) in [5.74, 6) is -3.87. The maximum Gasteiger partial charge on any atom is 0.255 e. The molecular weight excluding hydrogens is 477 g/mol. The van der Waals surface area contributed by atoms with E-state index in [9.17, 15) is 22.4 Å². The zero-order chi connectivity index (χ0) is 25.4. The standard InChI is InChI=1S/C24H20FN3O6S/c25-19-2-1-3-21(12-19)34-14-18(24(30)28-31)15-35(32,33)22-10-8-20(9-11-22)27-23(29)17-6-4-16(13-26)5-7-17/h1-12,18,31H,14-15H2,(H,27,29)(H,28,30). The third-order valence-electron chi connectivity index (χ3n) is 4.90. The molecule has 0 aliphatic carbocycles. The van der Waals surface area contributed by atoms with Crippen molar-refractivity contribution in [3.63, 3.8) is 0 Å². The number of rotatable bonds is 9. The lowest BCUT2D eigenvalue weighted by atomic mass is 10.1. The van der Waals surface area contributed by atoms with Gasteiger partial charge in [-0.15, -0.1) is 0 Å². The molecule has 0 radical (unpaired) electrons. The number of nitrogens with one attached hydrogen (secondary N) is 2. The Bertz CT molecular complexity index is 1350. The van der Waals surface area contributed by atoms with Crippen molar-refractivity contribution in [3.8, 4) is 11.8 Å². The molecular formula is C24H20FN3O6S. The molecule has 3 aromatic carbocycles. The minimum atomic E-state index is -4.00. The smallest absolute Gasteiger partial charge is 0.255 e. The van der Waals surface area contributed by atoms with Gasteiger partial charge in [0.05, 0.1) is 28.2 Å².